The molecular formula is C16H23ClN2O3S. The van der Waals surface area contributed by atoms with Crippen LogP contribution in [-0.4, -0.2) is 53.3 Å². The number of likely N-dealkylation sites (N-methyl/N-ethyl adjacent to an activating group) is 1. The highest BCUT2D eigenvalue weighted by Gasteiger charge is 2.24. The van der Waals surface area contributed by atoms with Gasteiger partial charge in [0, 0.05) is 35.7 Å². The van der Waals surface area contributed by atoms with Gasteiger partial charge in [-0.05, 0) is 31.5 Å². The molecule has 0 aliphatic heterocycles. The van der Waals surface area contributed by atoms with Crippen molar-refractivity contribution in [3.8, 4) is 0 Å². The predicted octanol–water partition coefficient (Wildman–Crippen LogP) is 2.09. The average Bonchev–Trinajstić information content (AvgIpc) is 2.51. The Kier molecular flexibility index (Phi) is 8.44. The topological polar surface area (TPSA) is 69.6 Å². The molecule has 0 radical (unpaired) electrons. The maximum atomic E-state index is 12.5. The van der Waals surface area contributed by atoms with Crippen molar-refractivity contribution in [2.45, 2.75) is 31.7 Å². The molecule has 5 nitrogen and oxygen atoms in total. The van der Waals surface area contributed by atoms with Crippen LogP contribution in [0, 0.1) is 6.92 Å². The van der Waals surface area contributed by atoms with Crippen molar-refractivity contribution in [1.29, 1.82) is 0 Å². The van der Waals surface area contributed by atoms with Crippen LogP contribution in [0.5, 0.6) is 0 Å². The number of carbonyl (C=O) groups is 2. The summed E-state index contributed by atoms with van der Waals surface area (Å²) < 4.78 is 0. The van der Waals surface area contributed by atoms with Crippen molar-refractivity contribution < 1.29 is 14.7 Å². The van der Waals surface area contributed by atoms with Crippen molar-refractivity contribution in [1.82, 2.24) is 10.2 Å². The van der Waals surface area contributed by atoms with E-state index in [0.29, 0.717) is 17.3 Å². The van der Waals surface area contributed by atoms with E-state index in [1.807, 2.05) is 32.0 Å². The lowest BCUT2D eigenvalue weighted by atomic mass is 10.2. The highest BCUT2D eigenvalue weighted by molar-refractivity contribution is 7.99. The summed E-state index contributed by atoms with van der Waals surface area (Å²) in [5.41, 5.74) is 0.991. The van der Waals surface area contributed by atoms with E-state index in [0.717, 1.165) is 10.5 Å². The lowest BCUT2D eigenvalue weighted by Gasteiger charge is -2.26. The first kappa shape index (κ1) is 19.8. The van der Waals surface area contributed by atoms with Crippen LogP contribution in [0.2, 0.25) is 5.02 Å². The molecule has 0 aromatic heterocycles. The van der Waals surface area contributed by atoms with E-state index < -0.39 is 6.04 Å². The summed E-state index contributed by atoms with van der Waals surface area (Å²) in [4.78, 5) is 26.3. The molecular weight excluding hydrogens is 336 g/mol. The van der Waals surface area contributed by atoms with Gasteiger partial charge in [0.05, 0.1) is 6.61 Å². The molecule has 0 saturated carbocycles. The predicted molar refractivity (Wildman–Crippen MR) is 93.9 cm³/mol. The number of benzene rings is 1. The molecule has 0 fully saturated rings. The van der Waals surface area contributed by atoms with Crippen LogP contribution in [0.15, 0.2) is 23.1 Å². The van der Waals surface area contributed by atoms with Gasteiger partial charge in [-0.3, -0.25) is 9.59 Å². The first-order valence-corrected chi connectivity index (χ1v) is 8.81. The summed E-state index contributed by atoms with van der Waals surface area (Å²) in [7, 11) is 0. The van der Waals surface area contributed by atoms with Gasteiger partial charge in [0.15, 0.2) is 0 Å². The third kappa shape index (κ3) is 6.41. The number of hydrogen-bond donors (Lipinski definition) is 2. The molecule has 2 amide bonds. The molecule has 0 aliphatic rings. The maximum absolute atomic E-state index is 12.5. The molecule has 0 heterocycles. The van der Waals surface area contributed by atoms with Gasteiger partial charge in [-0.15, -0.1) is 11.8 Å². The summed E-state index contributed by atoms with van der Waals surface area (Å²) in [6.45, 7) is 5.78. The molecule has 128 valence electrons. The third-order valence-corrected chi connectivity index (χ3v) is 4.79. The van der Waals surface area contributed by atoms with Gasteiger partial charge < -0.3 is 15.3 Å². The van der Waals surface area contributed by atoms with Crippen LogP contribution in [-0.2, 0) is 9.59 Å². The van der Waals surface area contributed by atoms with E-state index >= 15 is 0 Å². The molecule has 0 aliphatic carbocycles. The second kappa shape index (κ2) is 9.80. The molecule has 0 saturated heterocycles. The van der Waals surface area contributed by atoms with Crippen molar-refractivity contribution in [2.75, 3.05) is 25.4 Å². The molecule has 1 aromatic carbocycles. The van der Waals surface area contributed by atoms with Crippen LogP contribution in [0.25, 0.3) is 0 Å². The highest BCUT2D eigenvalue weighted by Crippen LogP contribution is 2.25. The number of hydrogen-bond acceptors (Lipinski definition) is 4. The first-order chi connectivity index (χ1) is 10.9. The number of carbonyl (C=O) groups excluding carboxylic acids is 2. The van der Waals surface area contributed by atoms with Crippen LogP contribution < -0.4 is 5.32 Å². The standard InChI is InChI=1S/C16H23ClN2O3S/c1-4-19(7-8-20)16(22)15(18-12(3)21)10-23-13-6-5-11(2)14(17)9-13/h5-6,9,15,20H,4,7-8,10H2,1-3H3,(H,18,21). The molecule has 0 spiro atoms. The van der Waals surface area contributed by atoms with Gasteiger partial charge in [-0.2, -0.15) is 0 Å². The van der Waals surface area contributed by atoms with E-state index in [9.17, 15) is 9.59 Å². The number of aliphatic hydroxyl groups is 1. The molecule has 1 unspecified atom stereocenters. The summed E-state index contributed by atoms with van der Waals surface area (Å²) in [6, 6.07) is 5.07. The number of aryl methyl sites for hydroxylation is 1. The fourth-order valence-electron chi connectivity index (χ4n) is 2.03. The Labute approximate surface area is 146 Å². The molecule has 2 N–H and O–H groups in total. The number of nitrogens with zero attached hydrogens (tertiary/aromatic N) is 1. The summed E-state index contributed by atoms with van der Waals surface area (Å²) in [5, 5.41) is 12.4. The quantitative estimate of drug-likeness (QED) is 0.698. The monoisotopic (exact) mass is 358 g/mol. The van der Waals surface area contributed by atoms with E-state index in [2.05, 4.69) is 5.32 Å². The van der Waals surface area contributed by atoms with Crippen LogP contribution >= 0.6 is 23.4 Å². The summed E-state index contributed by atoms with van der Waals surface area (Å²) in [6.07, 6.45) is 0. The second-order valence-electron chi connectivity index (χ2n) is 5.12. The molecule has 1 atom stereocenters. The Bertz CT molecular complexity index is 554. The summed E-state index contributed by atoms with van der Waals surface area (Å²) in [5.74, 6) is -0.0480. The van der Waals surface area contributed by atoms with E-state index in [1.54, 1.807) is 0 Å². The van der Waals surface area contributed by atoms with Crippen molar-refractivity contribution in [2.24, 2.45) is 0 Å². The minimum atomic E-state index is -0.635. The third-order valence-electron chi connectivity index (χ3n) is 3.30. The Morgan fingerprint density at radius 1 is 1.43 bits per heavy atom. The zero-order valence-corrected chi connectivity index (χ0v) is 15.2. The number of rotatable bonds is 8. The number of halogens is 1. The van der Waals surface area contributed by atoms with Crippen molar-refractivity contribution in [3.63, 3.8) is 0 Å². The largest absolute Gasteiger partial charge is 0.395 e. The minimum absolute atomic E-state index is 0.104. The number of amides is 2. The van der Waals surface area contributed by atoms with Gasteiger partial charge in [-0.25, -0.2) is 0 Å². The number of aliphatic hydroxyl groups excluding tert-OH is 1. The number of thioether (sulfide) groups is 1. The van der Waals surface area contributed by atoms with Crippen LogP contribution in [0.1, 0.15) is 19.4 Å². The van der Waals surface area contributed by atoms with E-state index in [-0.39, 0.29) is 25.0 Å². The zero-order chi connectivity index (χ0) is 17.4. The maximum Gasteiger partial charge on any atom is 0.246 e. The second-order valence-corrected chi connectivity index (χ2v) is 6.62. The minimum Gasteiger partial charge on any atom is -0.395 e. The average molecular weight is 359 g/mol. The zero-order valence-electron chi connectivity index (χ0n) is 13.6. The van der Waals surface area contributed by atoms with Gasteiger partial charge >= 0.3 is 0 Å². The summed E-state index contributed by atoms with van der Waals surface area (Å²) >= 11 is 7.56. The molecule has 1 aromatic rings. The Morgan fingerprint density at radius 3 is 2.65 bits per heavy atom. The SMILES string of the molecule is CCN(CCO)C(=O)C(CSc1ccc(C)c(Cl)c1)NC(C)=O. The normalized spacial score (nSPS) is 11.9. The van der Waals surface area contributed by atoms with E-state index in [4.69, 9.17) is 16.7 Å². The van der Waals surface area contributed by atoms with Gasteiger partial charge in [0.1, 0.15) is 6.04 Å². The lowest BCUT2D eigenvalue weighted by molar-refractivity contribution is -0.135. The Hall–Kier alpha value is -1.24. The first-order valence-electron chi connectivity index (χ1n) is 7.44. The fourth-order valence-corrected chi connectivity index (χ4v) is 3.22. The molecule has 0 bridgehead atoms. The van der Waals surface area contributed by atoms with Gasteiger partial charge in [-0.1, -0.05) is 17.7 Å². The Balaban J connectivity index is 2.79. The van der Waals surface area contributed by atoms with Crippen molar-refractivity contribution in [3.05, 3.63) is 28.8 Å². The van der Waals surface area contributed by atoms with Gasteiger partial charge in [0.2, 0.25) is 11.8 Å². The highest BCUT2D eigenvalue weighted by atomic mass is 35.5. The molecule has 23 heavy (non-hydrogen) atoms. The Morgan fingerprint density at radius 2 is 2.13 bits per heavy atom. The molecule has 1 rings (SSSR count). The van der Waals surface area contributed by atoms with Gasteiger partial charge in [0.25, 0.3) is 0 Å². The smallest absolute Gasteiger partial charge is 0.246 e. The van der Waals surface area contributed by atoms with Crippen molar-refractivity contribution >= 4 is 35.2 Å². The van der Waals surface area contributed by atoms with E-state index in [1.165, 1.54) is 23.6 Å². The van der Waals surface area contributed by atoms with Crippen LogP contribution in [0.4, 0.5) is 0 Å². The van der Waals surface area contributed by atoms with Crippen LogP contribution in [0.3, 0.4) is 0 Å². The lowest BCUT2D eigenvalue weighted by Crippen LogP contribution is -2.50. The molecule has 7 heteroatoms. The fraction of sp³-hybridized carbons (Fsp3) is 0.500. The number of nitrogens with one attached hydrogen (secondary N) is 1.